The molecule has 2 aliphatic heterocycles. The maximum Gasteiger partial charge on any atom is 0.252 e. The summed E-state index contributed by atoms with van der Waals surface area (Å²) in [5, 5.41) is 4.44. The number of piperidine rings is 1. The quantitative estimate of drug-likeness (QED) is 0.813. The van der Waals surface area contributed by atoms with E-state index in [2.05, 4.69) is 50.6 Å². The van der Waals surface area contributed by atoms with Gasteiger partial charge >= 0.3 is 0 Å². The summed E-state index contributed by atoms with van der Waals surface area (Å²) < 4.78 is 2.10. The van der Waals surface area contributed by atoms with Crippen LogP contribution >= 0.6 is 0 Å². The highest BCUT2D eigenvalue weighted by Gasteiger charge is 2.47. The minimum atomic E-state index is -0.299. The zero-order valence-corrected chi connectivity index (χ0v) is 16.0. The van der Waals surface area contributed by atoms with Gasteiger partial charge in [0.2, 0.25) is 0 Å². The molecule has 0 N–H and O–H groups in total. The Morgan fingerprint density at radius 3 is 2.93 bits per heavy atom. The first-order valence-corrected chi connectivity index (χ1v) is 9.67. The fraction of sp³-hybridized carbons (Fsp3) is 0.500. The Hall–Kier alpha value is -2.54. The first-order chi connectivity index (χ1) is 13.1. The fourth-order valence-corrected chi connectivity index (χ4v) is 4.35. The summed E-state index contributed by atoms with van der Waals surface area (Å²) in [5.41, 5.74) is 0.954. The molecule has 27 heavy (non-hydrogen) atoms. The maximum absolute atomic E-state index is 12.6. The normalized spacial score (nSPS) is 25.6. The van der Waals surface area contributed by atoms with Crippen molar-refractivity contribution in [3.8, 4) is 0 Å². The van der Waals surface area contributed by atoms with Crippen LogP contribution in [0.2, 0.25) is 0 Å². The summed E-state index contributed by atoms with van der Waals surface area (Å²) in [5.74, 6) is 0.631. The monoisotopic (exact) mass is 366 g/mol. The van der Waals surface area contributed by atoms with E-state index >= 15 is 0 Å². The van der Waals surface area contributed by atoms with Gasteiger partial charge in [0.15, 0.2) is 5.82 Å². The third kappa shape index (κ3) is 3.27. The number of hydrogen-bond donors (Lipinski definition) is 0. The van der Waals surface area contributed by atoms with E-state index in [1.165, 1.54) is 5.69 Å². The number of amides is 1. The van der Waals surface area contributed by atoms with E-state index in [4.69, 9.17) is 0 Å². The molecule has 142 valence electrons. The van der Waals surface area contributed by atoms with E-state index in [0.717, 1.165) is 38.9 Å². The lowest BCUT2D eigenvalue weighted by Crippen LogP contribution is -2.56. The number of carbonyl (C=O) groups excluding carboxylic acids is 1. The van der Waals surface area contributed by atoms with Gasteiger partial charge in [0.05, 0.1) is 17.4 Å². The van der Waals surface area contributed by atoms with Gasteiger partial charge in [0.1, 0.15) is 0 Å². The number of rotatable bonds is 5. The Morgan fingerprint density at radius 2 is 2.19 bits per heavy atom. The number of aromatic nitrogens is 4. The molecule has 2 aromatic heterocycles. The highest BCUT2D eigenvalue weighted by Crippen LogP contribution is 2.39. The Bertz CT molecular complexity index is 832. The van der Waals surface area contributed by atoms with Gasteiger partial charge in [-0.2, -0.15) is 5.10 Å². The summed E-state index contributed by atoms with van der Waals surface area (Å²) in [6.07, 6.45) is 13.4. The molecule has 2 aromatic rings. The molecule has 4 heterocycles. The Kier molecular flexibility index (Phi) is 4.78. The summed E-state index contributed by atoms with van der Waals surface area (Å²) in [6, 6.07) is 2.45. The smallest absolute Gasteiger partial charge is 0.252 e. The number of likely N-dealkylation sites (tertiary alicyclic amines) is 1. The minimum Gasteiger partial charge on any atom is -0.295 e. The molecule has 2 aliphatic rings. The molecular formula is C20H26N6O. The molecule has 0 saturated carbocycles. The van der Waals surface area contributed by atoms with Gasteiger partial charge in [-0.25, -0.2) is 4.98 Å². The maximum atomic E-state index is 12.6. The summed E-state index contributed by atoms with van der Waals surface area (Å²) in [4.78, 5) is 25.4. The second-order valence-corrected chi connectivity index (χ2v) is 7.49. The number of nitrogens with zero attached hydrogens (tertiary/aromatic N) is 6. The van der Waals surface area contributed by atoms with E-state index in [1.807, 2.05) is 11.1 Å². The number of anilines is 1. The minimum absolute atomic E-state index is 0.00262. The van der Waals surface area contributed by atoms with Crippen molar-refractivity contribution in [2.24, 2.45) is 0 Å². The van der Waals surface area contributed by atoms with Crippen LogP contribution < -0.4 is 4.90 Å². The van der Waals surface area contributed by atoms with Gasteiger partial charge in [-0.05, 0) is 32.3 Å². The standard InChI is InChI=1S/C20H26N6O/c1-3-11-25-17(5-8-23-25)15-24-12-7-20(13-16(24)2)6-4-19(27)26(20)18-14-21-9-10-22-18/h4-6,8-10,14,16H,3,7,11-13,15H2,1-2H3/t16-,20+/m0/s1. The van der Waals surface area contributed by atoms with E-state index in [0.29, 0.717) is 11.9 Å². The second-order valence-electron chi connectivity index (χ2n) is 7.49. The topological polar surface area (TPSA) is 67.2 Å². The third-order valence-corrected chi connectivity index (χ3v) is 5.69. The molecule has 0 unspecified atom stereocenters. The predicted octanol–water partition coefficient (Wildman–Crippen LogP) is 2.41. The van der Waals surface area contributed by atoms with E-state index < -0.39 is 0 Å². The van der Waals surface area contributed by atoms with Crippen LogP contribution in [0.25, 0.3) is 0 Å². The van der Waals surface area contributed by atoms with E-state index in [9.17, 15) is 4.79 Å². The molecule has 0 aromatic carbocycles. The van der Waals surface area contributed by atoms with Crippen molar-refractivity contribution in [1.29, 1.82) is 0 Å². The first-order valence-electron chi connectivity index (χ1n) is 9.67. The van der Waals surface area contributed by atoms with E-state index in [-0.39, 0.29) is 11.4 Å². The molecule has 7 nitrogen and oxygen atoms in total. The number of hydrogen-bond acceptors (Lipinski definition) is 5. The van der Waals surface area contributed by atoms with Crippen molar-refractivity contribution in [1.82, 2.24) is 24.6 Å². The Morgan fingerprint density at radius 1 is 1.30 bits per heavy atom. The van der Waals surface area contributed by atoms with Crippen LogP contribution in [0.4, 0.5) is 5.82 Å². The van der Waals surface area contributed by atoms with Crippen molar-refractivity contribution in [2.45, 2.75) is 57.8 Å². The Labute approximate surface area is 159 Å². The van der Waals surface area contributed by atoms with Gasteiger partial charge in [0, 0.05) is 50.3 Å². The summed E-state index contributed by atoms with van der Waals surface area (Å²) in [6.45, 7) is 7.18. The van der Waals surface area contributed by atoms with Gasteiger partial charge in [-0.15, -0.1) is 0 Å². The van der Waals surface area contributed by atoms with Crippen LogP contribution in [0.5, 0.6) is 0 Å². The van der Waals surface area contributed by atoms with Crippen LogP contribution in [0.15, 0.2) is 43.0 Å². The van der Waals surface area contributed by atoms with Crippen LogP contribution in [0, 0.1) is 0 Å². The average molecular weight is 366 g/mol. The predicted molar refractivity (Wildman–Crippen MR) is 103 cm³/mol. The third-order valence-electron chi connectivity index (χ3n) is 5.69. The van der Waals surface area contributed by atoms with E-state index in [1.54, 1.807) is 24.7 Å². The highest BCUT2D eigenvalue weighted by atomic mass is 16.2. The van der Waals surface area contributed by atoms with Crippen LogP contribution in [-0.4, -0.2) is 48.7 Å². The van der Waals surface area contributed by atoms with Crippen LogP contribution in [-0.2, 0) is 17.9 Å². The lowest BCUT2D eigenvalue weighted by molar-refractivity contribution is -0.114. The number of aryl methyl sites for hydroxylation is 1. The number of carbonyl (C=O) groups is 1. The molecule has 1 spiro atoms. The van der Waals surface area contributed by atoms with Crippen molar-refractivity contribution < 1.29 is 4.79 Å². The molecule has 7 heteroatoms. The zero-order valence-electron chi connectivity index (χ0n) is 16.0. The molecule has 0 radical (unpaired) electrons. The van der Waals surface area contributed by atoms with Crippen molar-refractivity contribution in [2.75, 3.05) is 11.4 Å². The summed E-state index contributed by atoms with van der Waals surface area (Å²) >= 11 is 0. The van der Waals surface area contributed by atoms with Crippen LogP contribution in [0.1, 0.15) is 38.8 Å². The lowest BCUT2D eigenvalue weighted by atomic mass is 9.83. The average Bonchev–Trinajstić information content (AvgIpc) is 3.23. The van der Waals surface area contributed by atoms with Crippen molar-refractivity contribution in [3.63, 3.8) is 0 Å². The molecular weight excluding hydrogens is 340 g/mol. The van der Waals surface area contributed by atoms with Gasteiger partial charge in [0.25, 0.3) is 5.91 Å². The fourth-order valence-electron chi connectivity index (χ4n) is 4.35. The first kappa shape index (κ1) is 17.9. The molecule has 1 fully saturated rings. The van der Waals surface area contributed by atoms with Crippen molar-refractivity contribution >= 4 is 11.7 Å². The summed E-state index contributed by atoms with van der Waals surface area (Å²) in [7, 11) is 0. The molecule has 1 amide bonds. The Balaban J connectivity index is 1.51. The molecule has 0 aliphatic carbocycles. The lowest BCUT2D eigenvalue weighted by Gasteiger charge is -2.47. The molecule has 2 atom stereocenters. The second kappa shape index (κ2) is 7.23. The van der Waals surface area contributed by atoms with Gasteiger partial charge < -0.3 is 0 Å². The zero-order chi connectivity index (χ0) is 18.9. The van der Waals surface area contributed by atoms with Gasteiger partial charge in [-0.3, -0.25) is 24.3 Å². The van der Waals surface area contributed by atoms with Gasteiger partial charge in [-0.1, -0.05) is 13.0 Å². The largest absolute Gasteiger partial charge is 0.295 e. The molecule has 1 saturated heterocycles. The highest BCUT2D eigenvalue weighted by molar-refractivity contribution is 6.05. The SMILES string of the molecule is CCCn1nccc1CN1CC[C@]2(C=CC(=O)N2c2cnccn2)C[C@@H]1C. The molecule has 4 rings (SSSR count). The van der Waals surface area contributed by atoms with Crippen LogP contribution in [0.3, 0.4) is 0 Å². The molecule has 0 bridgehead atoms. The van der Waals surface area contributed by atoms with Crippen molar-refractivity contribution in [3.05, 3.63) is 48.7 Å².